The Labute approximate surface area is 140 Å². The van der Waals surface area contributed by atoms with Gasteiger partial charge in [0.25, 0.3) is 0 Å². The highest BCUT2D eigenvalue weighted by molar-refractivity contribution is 5.13. The maximum Gasteiger partial charge on any atom is 0.0839 e. The molecule has 1 aromatic carbocycles. The van der Waals surface area contributed by atoms with Gasteiger partial charge in [-0.1, -0.05) is 30.3 Å². The molecule has 1 aliphatic rings. The van der Waals surface area contributed by atoms with Gasteiger partial charge in [-0.3, -0.25) is 0 Å². The molecule has 1 heterocycles. The van der Waals surface area contributed by atoms with Crippen LogP contribution in [0.25, 0.3) is 0 Å². The molecule has 0 radical (unpaired) electrons. The number of hydrogen-bond acceptors (Lipinski definition) is 4. The fourth-order valence-corrected chi connectivity index (χ4v) is 2.88. The first-order chi connectivity index (χ1) is 11.2. The van der Waals surface area contributed by atoms with Crippen LogP contribution in [0.2, 0.25) is 0 Å². The first-order valence-corrected chi connectivity index (χ1v) is 8.71. The van der Waals surface area contributed by atoms with Crippen LogP contribution in [0, 0.1) is 0 Å². The van der Waals surface area contributed by atoms with Crippen molar-refractivity contribution in [1.29, 1.82) is 0 Å². The molecular weight excluding hydrogens is 292 g/mol. The van der Waals surface area contributed by atoms with Crippen LogP contribution in [0.15, 0.2) is 30.3 Å². The fourth-order valence-electron chi connectivity index (χ4n) is 2.88. The Balaban J connectivity index is 1.69. The third-order valence-electron chi connectivity index (χ3n) is 4.29. The van der Waals surface area contributed by atoms with Gasteiger partial charge in [-0.2, -0.15) is 0 Å². The fraction of sp³-hybridized carbons (Fsp3) is 0.684. The second kappa shape index (κ2) is 10.0. The second-order valence-electron chi connectivity index (χ2n) is 6.06. The van der Waals surface area contributed by atoms with E-state index in [0.717, 1.165) is 19.4 Å². The molecule has 1 saturated heterocycles. The van der Waals surface area contributed by atoms with Gasteiger partial charge in [-0.05, 0) is 39.2 Å². The van der Waals surface area contributed by atoms with Gasteiger partial charge in [0, 0.05) is 6.61 Å². The summed E-state index contributed by atoms with van der Waals surface area (Å²) in [6.07, 6.45) is 2.46. The topological polar surface area (TPSA) is 36.9 Å². The highest BCUT2D eigenvalue weighted by Gasteiger charge is 2.32. The van der Waals surface area contributed by atoms with Gasteiger partial charge in [0.15, 0.2) is 0 Å². The molecule has 4 unspecified atom stereocenters. The van der Waals surface area contributed by atoms with Crippen molar-refractivity contribution in [2.45, 2.75) is 64.6 Å². The zero-order valence-corrected chi connectivity index (χ0v) is 14.6. The molecule has 2 rings (SSSR count). The number of benzene rings is 1. The first kappa shape index (κ1) is 18.4. The van der Waals surface area contributed by atoms with Gasteiger partial charge in [-0.15, -0.1) is 0 Å². The molecule has 0 N–H and O–H groups in total. The molecule has 23 heavy (non-hydrogen) atoms. The van der Waals surface area contributed by atoms with Crippen molar-refractivity contribution < 1.29 is 18.9 Å². The van der Waals surface area contributed by atoms with E-state index in [-0.39, 0.29) is 24.4 Å². The monoisotopic (exact) mass is 322 g/mol. The SMILES string of the molecule is CCOCCOC(C)C1CCC(OCc2ccccc2)C(C)O1. The van der Waals surface area contributed by atoms with Crippen molar-refractivity contribution in [3.63, 3.8) is 0 Å². The predicted octanol–water partition coefficient (Wildman–Crippen LogP) is 3.58. The Kier molecular flexibility index (Phi) is 8.03. The van der Waals surface area contributed by atoms with Crippen LogP contribution in [0.4, 0.5) is 0 Å². The summed E-state index contributed by atoms with van der Waals surface area (Å²) in [4.78, 5) is 0. The highest BCUT2D eigenvalue weighted by atomic mass is 16.6. The van der Waals surface area contributed by atoms with Crippen molar-refractivity contribution in [1.82, 2.24) is 0 Å². The van der Waals surface area contributed by atoms with E-state index < -0.39 is 0 Å². The van der Waals surface area contributed by atoms with Gasteiger partial charge in [0.05, 0.1) is 44.2 Å². The molecule has 0 amide bonds. The van der Waals surface area contributed by atoms with E-state index in [0.29, 0.717) is 19.8 Å². The Hall–Kier alpha value is -0.940. The number of ether oxygens (including phenoxy) is 4. The molecule has 1 aromatic rings. The lowest BCUT2D eigenvalue weighted by molar-refractivity contribution is -0.171. The lowest BCUT2D eigenvalue weighted by atomic mass is 9.99. The first-order valence-electron chi connectivity index (χ1n) is 8.71. The molecule has 0 aliphatic carbocycles. The molecule has 0 aromatic heterocycles. The van der Waals surface area contributed by atoms with Crippen molar-refractivity contribution in [3.8, 4) is 0 Å². The lowest BCUT2D eigenvalue weighted by Gasteiger charge is -2.37. The summed E-state index contributed by atoms with van der Waals surface area (Å²) in [6.45, 7) is 8.80. The van der Waals surface area contributed by atoms with Crippen LogP contribution in [0.5, 0.6) is 0 Å². The van der Waals surface area contributed by atoms with Crippen LogP contribution >= 0.6 is 0 Å². The van der Waals surface area contributed by atoms with Gasteiger partial charge < -0.3 is 18.9 Å². The number of rotatable bonds is 9. The van der Waals surface area contributed by atoms with Crippen molar-refractivity contribution >= 4 is 0 Å². The minimum Gasteiger partial charge on any atom is -0.379 e. The summed E-state index contributed by atoms with van der Waals surface area (Å²) in [5.74, 6) is 0. The second-order valence-corrected chi connectivity index (χ2v) is 6.06. The zero-order valence-electron chi connectivity index (χ0n) is 14.6. The predicted molar refractivity (Wildman–Crippen MR) is 90.5 cm³/mol. The Morgan fingerprint density at radius 2 is 1.96 bits per heavy atom. The molecule has 0 spiro atoms. The van der Waals surface area contributed by atoms with Crippen LogP contribution in [-0.2, 0) is 25.6 Å². The van der Waals surface area contributed by atoms with E-state index in [9.17, 15) is 0 Å². The van der Waals surface area contributed by atoms with E-state index in [1.165, 1.54) is 5.56 Å². The van der Waals surface area contributed by atoms with Crippen LogP contribution in [0.1, 0.15) is 39.2 Å². The third-order valence-corrected chi connectivity index (χ3v) is 4.29. The molecular formula is C19H30O4. The van der Waals surface area contributed by atoms with Crippen LogP contribution in [-0.4, -0.2) is 44.2 Å². The smallest absolute Gasteiger partial charge is 0.0839 e. The largest absolute Gasteiger partial charge is 0.379 e. The average Bonchev–Trinajstić information content (AvgIpc) is 2.58. The quantitative estimate of drug-likeness (QED) is 0.651. The Bertz CT molecular complexity index is 423. The van der Waals surface area contributed by atoms with Crippen LogP contribution < -0.4 is 0 Å². The van der Waals surface area contributed by atoms with Crippen molar-refractivity contribution in [2.24, 2.45) is 0 Å². The van der Waals surface area contributed by atoms with Gasteiger partial charge in [-0.25, -0.2) is 0 Å². The normalized spacial score (nSPS) is 26.1. The molecule has 1 fully saturated rings. The van der Waals surface area contributed by atoms with Crippen molar-refractivity contribution in [3.05, 3.63) is 35.9 Å². The molecule has 0 bridgehead atoms. The van der Waals surface area contributed by atoms with Crippen LogP contribution in [0.3, 0.4) is 0 Å². The third kappa shape index (κ3) is 6.22. The molecule has 1 aliphatic heterocycles. The Morgan fingerprint density at radius 1 is 1.17 bits per heavy atom. The maximum absolute atomic E-state index is 6.12. The summed E-state index contributed by atoms with van der Waals surface area (Å²) < 4.78 is 23.3. The minimum absolute atomic E-state index is 0.0907. The summed E-state index contributed by atoms with van der Waals surface area (Å²) in [6, 6.07) is 10.3. The van der Waals surface area contributed by atoms with E-state index in [1.807, 2.05) is 25.1 Å². The van der Waals surface area contributed by atoms with Gasteiger partial charge >= 0.3 is 0 Å². The van der Waals surface area contributed by atoms with Gasteiger partial charge in [0.1, 0.15) is 0 Å². The summed E-state index contributed by atoms with van der Waals surface area (Å²) >= 11 is 0. The highest BCUT2D eigenvalue weighted by Crippen LogP contribution is 2.25. The van der Waals surface area contributed by atoms with E-state index in [1.54, 1.807) is 0 Å². The van der Waals surface area contributed by atoms with E-state index in [2.05, 4.69) is 26.0 Å². The van der Waals surface area contributed by atoms with E-state index >= 15 is 0 Å². The minimum atomic E-state index is 0.0907. The van der Waals surface area contributed by atoms with Gasteiger partial charge in [0.2, 0.25) is 0 Å². The van der Waals surface area contributed by atoms with E-state index in [4.69, 9.17) is 18.9 Å². The average molecular weight is 322 g/mol. The zero-order chi connectivity index (χ0) is 16.5. The molecule has 4 heteroatoms. The Morgan fingerprint density at radius 3 is 2.65 bits per heavy atom. The lowest BCUT2D eigenvalue weighted by Crippen LogP contribution is -2.43. The molecule has 0 saturated carbocycles. The molecule has 130 valence electrons. The molecule has 4 nitrogen and oxygen atoms in total. The van der Waals surface area contributed by atoms with Crippen molar-refractivity contribution in [2.75, 3.05) is 19.8 Å². The number of hydrogen-bond donors (Lipinski definition) is 0. The summed E-state index contributed by atoms with van der Waals surface area (Å²) in [5, 5.41) is 0. The summed E-state index contributed by atoms with van der Waals surface area (Å²) in [5.41, 5.74) is 1.20. The standard InChI is InChI=1S/C19H30O4/c1-4-20-12-13-21-15(2)19-11-10-18(16(3)23-19)22-14-17-8-6-5-7-9-17/h5-9,15-16,18-19H,4,10-14H2,1-3H3. The maximum atomic E-state index is 6.12. The summed E-state index contributed by atoms with van der Waals surface area (Å²) in [7, 11) is 0. The molecule has 4 atom stereocenters.